The molecule has 0 saturated carbocycles. The van der Waals surface area contributed by atoms with Gasteiger partial charge in [0, 0.05) is 23.8 Å². The molecule has 0 saturated heterocycles. The van der Waals surface area contributed by atoms with Crippen molar-refractivity contribution < 1.29 is 14.7 Å². The van der Waals surface area contributed by atoms with Crippen LogP contribution in [0, 0.1) is 6.92 Å². The number of halogens is 1. The van der Waals surface area contributed by atoms with Crippen LogP contribution in [0.5, 0.6) is 5.75 Å². The predicted octanol–water partition coefficient (Wildman–Crippen LogP) is 4.05. The molecular weight excluding hydrogens is 286 g/mol. The highest BCUT2D eigenvalue weighted by molar-refractivity contribution is 6.32. The standard InChI is InChI=1S/C17H21ClNO2/c1-12-6-5-7-14(19(12)20)11-21-16-9-8-13(10-15(16)18)17(2,3)4/h5-10,20H,11H2,1-4H3/q+1. The number of aromatic nitrogens is 1. The molecule has 1 aromatic carbocycles. The van der Waals surface area contributed by atoms with Crippen LogP contribution >= 0.6 is 11.6 Å². The summed E-state index contributed by atoms with van der Waals surface area (Å²) < 4.78 is 6.84. The minimum Gasteiger partial charge on any atom is -0.481 e. The zero-order valence-corrected chi connectivity index (χ0v) is 13.6. The third-order valence-corrected chi connectivity index (χ3v) is 3.70. The molecule has 112 valence electrons. The summed E-state index contributed by atoms with van der Waals surface area (Å²) in [5.41, 5.74) is 2.64. The third-order valence-electron chi connectivity index (χ3n) is 3.41. The van der Waals surface area contributed by atoms with Gasteiger partial charge in [-0.2, -0.15) is 0 Å². The van der Waals surface area contributed by atoms with E-state index in [-0.39, 0.29) is 12.0 Å². The van der Waals surface area contributed by atoms with Gasteiger partial charge in [0.1, 0.15) is 5.75 Å². The molecule has 0 fully saturated rings. The highest BCUT2D eigenvalue weighted by Gasteiger charge is 2.17. The topological polar surface area (TPSA) is 33.3 Å². The first-order chi connectivity index (χ1) is 9.79. The van der Waals surface area contributed by atoms with Crippen molar-refractivity contribution in [1.29, 1.82) is 0 Å². The van der Waals surface area contributed by atoms with Gasteiger partial charge in [-0.25, -0.2) is 0 Å². The van der Waals surface area contributed by atoms with Crippen molar-refractivity contribution in [2.75, 3.05) is 0 Å². The highest BCUT2D eigenvalue weighted by Crippen LogP contribution is 2.31. The molecule has 1 N–H and O–H groups in total. The highest BCUT2D eigenvalue weighted by atomic mass is 35.5. The van der Waals surface area contributed by atoms with Crippen LogP contribution in [0.2, 0.25) is 5.02 Å². The number of aryl methyl sites for hydroxylation is 1. The summed E-state index contributed by atoms with van der Waals surface area (Å²) in [6.07, 6.45) is 0. The van der Waals surface area contributed by atoms with Crippen LogP contribution in [-0.4, -0.2) is 5.21 Å². The molecule has 0 spiro atoms. The molecule has 0 aliphatic heterocycles. The van der Waals surface area contributed by atoms with Crippen molar-refractivity contribution in [3.05, 3.63) is 58.4 Å². The zero-order chi connectivity index (χ0) is 15.6. The molecule has 4 heteroatoms. The summed E-state index contributed by atoms with van der Waals surface area (Å²) in [6, 6.07) is 11.3. The summed E-state index contributed by atoms with van der Waals surface area (Å²) in [6.45, 7) is 8.50. The van der Waals surface area contributed by atoms with Crippen molar-refractivity contribution >= 4 is 11.6 Å². The van der Waals surface area contributed by atoms with E-state index in [4.69, 9.17) is 16.3 Å². The number of hydrogen-bond acceptors (Lipinski definition) is 2. The van der Waals surface area contributed by atoms with Crippen LogP contribution in [0.15, 0.2) is 36.4 Å². The van der Waals surface area contributed by atoms with E-state index >= 15 is 0 Å². The molecule has 1 aromatic heterocycles. The zero-order valence-electron chi connectivity index (χ0n) is 12.9. The van der Waals surface area contributed by atoms with Crippen LogP contribution in [0.1, 0.15) is 37.7 Å². The van der Waals surface area contributed by atoms with Crippen LogP contribution in [0.25, 0.3) is 0 Å². The first kappa shape index (κ1) is 15.6. The van der Waals surface area contributed by atoms with E-state index in [1.807, 2.05) is 43.3 Å². The van der Waals surface area contributed by atoms with E-state index in [0.29, 0.717) is 16.5 Å². The Bertz CT molecular complexity index is 648. The van der Waals surface area contributed by atoms with Crippen molar-refractivity contribution in [2.45, 2.75) is 39.7 Å². The van der Waals surface area contributed by atoms with E-state index in [1.165, 1.54) is 0 Å². The van der Waals surface area contributed by atoms with Gasteiger partial charge in [-0.05, 0) is 29.2 Å². The number of pyridine rings is 1. The van der Waals surface area contributed by atoms with Gasteiger partial charge in [-0.3, -0.25) is 5.21 Å². The van der Waals surface area contributed by atoms with Crippen molar-refractivity contribution in [3.63, 3.8) is 0 Å². The Balaban J connectivity index is 2.16. The molecule has 0 amide bonds. The average Bonchev–Trinajstić information content (AvgIpc) is 2.40. The lowest BCUT2D eigenvalue weighted by molar-refractivity contribution is -0.914. The van der Waals surface area contributed by atoms with Gasteiger partial charge in [0.05, 0.1) is 5.02 Å². The molecule has 0 atom stereocenters. The van der Waals surface area contributed by atoms with Gasteiger partial charge in [-0.1, -0.05) is 38.4 Å². The smallest absolute Gasteiger partial charge is 0.271 e. The molecule has 21 heavy (non-hydrogen) atoms. The van der Waals surface area contributed by atoms with Crippen molar-refractivity contribution in [2.24, 2.45) is 0 Å². The predicted molar refractivity (Wildman–Crippen MR) is 83.0 cm³/mol. The Morgan fingerprint density at radius 3 is 2.52 bits per heavy atom. The largest absolute Gasteiger partial charge is 0.481 e. The first-order valence-electron chi connectivity index (χ1n) is 6.91. The maximum Gasteiger partial charge on any atom is 0.271 e. The summed E-state index contributed by atoms with van der Waals surface area (Å²) in [7, 11) is 0. The number of nitrogens with zero attached hydrogens (tertiary/aromatic N) is 1. The van der Waals surface area contributed by atoms with Crippen LogP contribution in [0.4, 0.5) is 0 Å². The molecule has 2 rings (SSSR count). The number of hydrogen-bond donors (Lipinski definition) is 1. The fourth-order valence-corrected chi connectivity index (χ4v) is 2.25. The van der Waals surface area contributed by atoms with E-state index in [0.717, 1.165) is 16.0 Å². The van der Waals surface area contributed by atoms with Gasteiger partial charge in [-0.15, -0.1) is 0 Å². The molecule has 2 aromatic rings. The maximum absolute atomic E-state index is 9.90. The Morgan fingerprint density at radius 2 is 1.90 bits per heavy atom. The quantitative estimate of drug-likeness (QED) is 0.685. The molecule has 1 heterocycles. The molecule has 0 radical (unpaired) electrons. The van der Waals surface area contributed by atoms with Crippen LogP contribution in [-0.2, 0) is 12.0 Å². The van der Waals surface area contributed by atoms with E-state index < -0.39 is 0 Å². The number of ether oxygens (including phenoxy) is 1. The van der Waals surface area contributed by atoms with Crippen molar-refractivity contribution in [3.8, 4) is 5.75 Å². The molecule has 0 aliphatic carbocycles. The van der Waals surface area contributed by atoms with Gasteiger partial charge in [0.15, 0.2) is 6.61 Å². The lowest BCUT2D eigenvalue weighted by atomic mass is 9.87. The second kappa shape index (κ2) is 5.94. The van der Waals surface area contributed by atoms with Crippen molar-refractivity contribution in [1.82, 2.24) is 0 Å². The van der Waals surface area contributed by atoms with Gasteiger partial charge < -0.3 is 4.74 Å². The minimum absolute atomic E-state index is 0.0484. The van der Waals surface area contributed by atoms with E-state index in [1.54, 1.807) is 0 Å². The lowest BCUT2D eigenvalue weighted by Gasteiger charge is -2.20. The molecule has 0 unspecified atom stereocenters. The second-order valence-electron chi connectivity index (χ2n) is 6.15. The van der Waals surface area contributed by atoms with Gasteiger partial charge in [0.25, 0.3) is 5.69 Å². The Hall–Kier alpha value is -1.74. The fraction of sp³-hybridized carbons (Fsp3) is 0.353. The molecular formula is C17H21ClNO2+. The fourth-order valence-electron chi connectivity index (χ4n) is 2.01. The lowest BCUT2D eigenvalue weighted by Crippen LogP contribution is -2.39. The van der Waals surface area contributed by atoms with Gasteiger partial charge in [0.2, 0.25) is 5.69 Å². The Kier molecular flexibility index (Phi) is 4.43. The summed E-state index contributed by atoms with van der Waals surface area (Å²) in [5, 5.41) is 10.5. The minimum atomic E-state index is 0.0484. The number of benzene rings is 1. The number of rotatable bonds is 3. The normalized spacial score (nSPS) is 11.5. The average molecular weight is 307 g/mol. The van der Waals surface area contributed by atoms with E-state index in [9.17, 15) is 5.21 Å². The summed E-state index contributed by atoms with van der Waals surface area (Å²) >= 11 is 6.28. The summed E-state index contributed by atoms with van der Waals surface area (Å²) in [4.78, 5) is 0. The monoisotopic (exact) mass is 306 g/mol. The van der Waals surface area contributed by atoms with Crippen LogP contribution < -0.4 is 9.47 Å². The SMILES string of the molecule is Cc1cccc(COc2ccc(C(C)(C)C)cc2Cl)[n+]1O. The molecule has 3 nitrogen and oxygen atoms in total. The second-order valence-corrected chi connectivity index (χ2v) is 6.56. The first-order valence-corrected chi connectivity index (χ1v) is 7.29. The molecule has 0 aliphatic rings. The Labute approximate surface area is 130 Å². The molecule has 0 bridgehead atoms. The van der Waals surface area contributed by atoms with E-state index in [2.05, 4.69) is 20.8 Å². The van der Waals surface area contributed by atoms with Crippen LogP contribution in [0.3, 0.4) is 0 Å². The third kappa shape index (κ3) is 3.67. The van der Waals surface area contributed by atoms with Gasteiger partial charge >= 0.3 is 0 Å². The summed E-state index contributed by atoms with van der Waals surface area (Å²) in [5.74, 6) is 0.617. The maximum atomic E-state index is 9.90. The Morgan fingerprint density at radius 1 is 1.19 bits per heavy atom.